The fraction of sp³-hybridized carbons (Fsp3) is 0.812. The molecule has 1 heterocycles. The van der Waals surface area contributed by atoms with Crippen LogP contribution in [-0.2, 0) is 9.59 Å². The number of nitrogens with zero attached hydrogens (tertiary/aromatic N) is 1. The average Bonchev–Trinajstić information content (AvgIpc) is 2.35. The van der Waals surface area contributed by atoms with Crippen LogP contribution in [0.25, 0.3) is 0 Å². The van der Waals surface area contributed by atoms with E-state index in [1.165, 1.54) is 24.2 Å². The van der Waals surface area contributed by atoms with Crippen LogP contribution < -0.4 is 5.32 Å². The van der Waals surface area contributed by atoms with Crippen LogP contribution >= 0.6 is 0 Å². The molecular formula is C16H22N2O3. The van der Waals surface area contributed by atoms with Crippen molar-refractivity contribution in [1.29, 1.82) is 0 Å². The molecule has 4 bridgehead atoms. The summed E-state index contributed by atoms with van der Waals surface area (Å²) in [4.78, 5) is 37.0. The molecule has 5 rings (SSSR count). The largest absolute Gasteiger partial charge is 0.331 e. The van der Waals surface area contributed by atoms with Crippen molar-refractivity contribution >= 4 is 17.8 Å². The molecule has 1 N–H and O–H groups in total. The quantitative estimate of drug-likeness (QED) is 0.792. The van der Waals surface area contributed by atoms with Crippen LogP contribution in [0.4, 0.5) is 4.79 Å². The predicted molar refractivity (Wildman–Crippen MR) is 75.1 cm³/mol. The zero-order valence-electron chi connectivity index (χ0n) is 12.4. The summed E-state index contributed by atoms with van der Waals surface area (Å²) in [6.45, 7) is 2.01. The summed E-state index contributed by atoms with van der Waals surface area (Å²) in [5, 5.41) is 2.30. The van der Waals surface area contributed by atoms with Crippen molar-refractivity contribution in [3.63, 3.8) is 0 Å². The molecule has 0 aromatic rings. The smallest absolute Gasteiger partial charge is 0.277 e. The Bertz CT molecular complexity index is 472. The van der Waals surface area contributed by atoms with Crippen molar-refractivity contribution < 1.29 is 14.4 Å². The van der Waals surface area contributed by atoms with Gasteiger partial charge in [-0.1, -0.05) is 0 Å². The number of amides is 4. The predicted octanol–water partition coefficient (Wildman–Crippen LogP) is 2.06. The third-order valence-corrected chi connectivity index (χ3v) is 6.40. The van der Waals surface area contributed by atoms with Crippen LogP contribution in [-0.4, -0.2) is 28.8 Å². The van der Waals surface area contributed by atoms with E-state index < -0.39 is 11.9 Å². The van der Waals surface area contributed by atoms with Gasteiger partial charge in [-0.15, -0.1) is 0 Å². The Hall–Kier alpha value is -1.39. The molecule has 4 aliphatic carbocycles. The molecule has 5 heteroatoms. The van der Waals surface area contributed by atoms with Gasteiger partial charge in [-0.25, -0.2) is 4.79 Å². The molecule has 1 saturated heterocycles. The van der Waals surface area contributed by atoms with Gasteiger partial charge in [-0.3, -0.25) is 19.8 Å². The van der Waals surface area contributed by atoms with Crippen molar-refractivity contribution in [1.82, 2.24) is 10.2 Å². The third-order valence-electron chi connectivity index (χ3n) is 6.40. The van der Waals surface area contributed by atoms with E-state index in [0.717, 1.165) is 37.0 Å². The molecule has 4 saturated carbocycles. The molecule has 0 radical (unpaired) electrons. The van der Waals surface area contributed by atoms with E-state index in [4.69, 9.17) is 0 Å². The van der Waals surface area contributed by atoms with Gasteiger partial charge in [-0.2, -0.15) is 0 Å². The molecule has 5 aliphatic rings. The maximum absolute atomic E-state index is 12.2. The summed E-state index contributed by atoms with van der Waals surface area (Å²) < 4.78 is 0. The van der Waals surface area contributed by atoms with Gasteiger partial charge in [0.2, 0.25) is 11.8 Å². The molecule has 5 nitrogen and oxygen atoms in total. The molecular weight excluding hydrogens is 268 g/mol. The fourth-order valence-electron chi connectivity index (χ4n) is 5.91. The highest BCUT2D eigenvalue weighted by molar-refractivity contribution is 6.14. The van der Waals surface area contributed by atoms with Crippen molar-refractivity contribution in [2.24, 2.45) is 23.2 Å². The maximum Gasteiger partial charge on any atom is 0.331 e. The zero-order chi connectivity index (χ0) is 14.8. The first-order chi connectivity index (χ1) is 9.97. The van der Waals surface area contributed by atoms with Crippen molar-refractivity contribution in [3.05, 3.63) is 0 Å². The Morgan fingerprint density at radius 2 is 1.57 bits per heavy atom. The van der Waals surface area contributed by atoms with E-state index in [1.807, 2.05) is 6.92 Å². The van der Waals surface area contributed by atoms with Gasteiger partial charge in [0, 0.05) is 6.04 Å². The highest BCUT2D eigenvalue weighted by Crippen LogP contribution is 2.62. The number of hydrogen-bond acceptors (Lipinski definition) is 3. The fourth-order valence-corrected chi connectivity index (χ4v) is 5.91. The first-order valence-corrected chi connectivity index (χ1v) is 8.13. The minimum absolute atomic E-state index is 0.0912. The highest BCUT2D eigenvalue weighted by atomic mass is 16.2. The second-order valence-electron chi connectivity index (χ2n) is 7.75. The Morgan fingerprint density at radius 3 is 2.05 bits per heavy atom. The minimum Gasteiger partial charge on any atom is -0.277 e. The number of barbiturate groups is 1. The number of imide groups is 2. The summed E-state index contributed by atoms with van der Waals surface area (Å²) in [6.07, 6.45) is 7.25. The summed E-state index contributed by atoms with van der Waals surface area (Å²) in [5.74, 6) is 1.54. The number of carbonyl (C=O) groups excluding carboxylic acids is 3. The third kappa shape index (κ3) is 1.93. The monoisotopic (exact) mass is 290 g/mol. The van der Waals surface area contributed by atoms with E-state index in [2.05, 4.69) is 5.32 Å². The van der Waals surface area contributed by atoms with Crippen LogP contribution in [0.3, 0.4) is 0 Å². The van der Waals surface area contributed by atoms with Gasteiger partial charge in [-0.05, 0) is 68.6 Å². The van der Waals surface area contributed by atoms with Gasteiger partial charge in [0.15, 0.2) is 0 Å². The molecule has 0 spiro atoms. The highest BCUT2D eigenvalue weighted by Gasteiger charge is 2.56. The standard InChI is InChI=1S/C16H22N2O3/c1-9(18-14(20)5-13(19)17-15(18)21)16-6-10-2-11(7-16)4-12(3-10)8-16/h9-12H,2-8H2,1H3,(H,17,19,21)/t9-,10?,11?,12?,16?/m1/s1. The second-order valence-corrected chi connectivity index (χ2v) is 7.75. The summed E-state index contributed by atoms with van der Waals surface area (Å²) in [5.41, 5.74) is 0.0993. The Labute approximate surface area is 124 Å². The zero-order valence-corrected chi connectivity index (χ0v) is 12.4. The molecule has 0 unspecified atom stereocenters. The van der Waals surface area contributed by atoms with E-state index in [1.54, 1.807) is 0 Å². The number of carbonyl (C=O) groups is 3. The molecule has 0 aromatic heterocycles. The SMILES string of the molecule is C[C@@H](N1C(=O)CC(=O)NC1=O)C12CC3CC(CC(C3)C1)C2. The lowest BCUT2D eigenvalue weighted by molar-refractivity contribution is -0.145. The lowest BCUT2D eigenvalue weighted by atomic mass is 9.47. The van der Waals surface area contributed by atoms with Crippen LogP contribution in [0, 0.1) is 23.2 Å². The molecule has 1 atom stereocenters. The Kier molecular flexibility index (Phi) is 2.72. The summed E-state index contributed by atoms with van der Waals surface area (Å²) in [6, 6.07) is -0.606. The average molecular weight is 290 g/mol. The van der Waals surface area contributed by atoms with E-state index in [-0.39, 0.29) is 23.8 Å². The maximum atomic E-state index is 12.2. The minimum atomic E-state index is -0.514. The first kappa shape index (κ1) is 13.3. The second kappa shape index (κ2) is 4.31. The van der Waals surface area contributed by atoms with Crippen LogP contribution in [0.1, 0.15) is 51.9 Å². The van der Waals surface area contributed by atoms with Gasteiger partial charge in [0.05, 0.1) is 0 Å². The van der Waals surface area contributed by atoms with Gasteiger partial charge >= 0.3 is 6.03 Å². The van der Waals surface area contributed by atoms with Crippen molar-refractivity contribution in [2.75, 3.05) is 0 Å². The Balaban J connectivity index is 1.62. The van der Waals surface area contributed by atoms with E-state index in [9.17, 15) is 14.4 Å². The molecule has 5 fully saturated rings. The van der Waals surface area contributed by atoms with Gasteiger partial charge < -0.3 is 0 Å². The number of rotatable bonds is 2. The topological polar surface area (TPSA) is 66.5 Å². The summed E-state index contributed by atoms with van der Waals surface area (Å²) >= 11 is 0. The lowest BCUT2D eigenvalue weighted by Crippen LogP contribution is -2.63. The van der Waals surface area contributed by atoms with Crippen molar-refractivity contribution in [3.8, 4) is 0 Å². The van der Waals surface area contributed by atoms with Crippen LogP contribution in [0.5, 0.6) is 0 Å². The molecule has 4 amide bonds. The van der Waals surface area contributed by atoms with E-state index >= 15 is 0 Å². The van der Waals surface area contributed by atoms with Gasteiger partial charge in [0.1, 0.15) is 6.42 Å². The molecule has 0 aromatic carbocycles. The normalized spacial score (nSPS) is 43.2. The van der Waals surface area contributed by atoms with Crippen molar-refractivity contribution in [2.45, 2.75) is 57.9 Å². The van der Waals surface area contributed by atoms with E-state index in [0.29, 0.717) is 0 Å². The molecule has 114 valence electrons. The summed E-state index contributed by atoms with van der Waals surface area (Å²) in [7, 11) is 0. The number of urea groups is 1. The Morgan fingerprint density at radius 1 is 1.05 bits per heavy atom. The van der Waals surface area contributed by atoms with Gasteiger partial charge in [0.25, 0.3) is 0 Å². The number of hydrogen-bond donors (Lipinski definition) is 1. The van der Waals surface area contributed by atoms with Crippen LogP contribution in [0.15, 0.2) is 0 Å². The first-order valence-electron chi connectivity index (χ1n) is 8.13. The number of nitrogens with one attached hydrogen (secondary N) is 1. The molecule has 21 heavy (non-hydrogen) atoms. The van der Waals surface area contributed by atoms with Crippen LogP contribution in [0.2, 0.25) is 0 Å². The lowest BCUT2D eigenvalue weighted by Gasteiger charge is -2.60. The molecule has 1 aliphatic heterocycles.